The van der Waals surface area contributed by atoms with Gasteiger partial charge in [-0.1, -0.05) is 0 Å². The Morgan fingerprint density at radius 3 is 1.67 bits per heavy atom. The second kappa shape index (κ2) is 4.37. The van der Waals surface area contributed by atoms with Crippen LogP contribution in [0.25, 0.3) is 0 Å². The van der Waals surface area contributed by atoms with Crippen molar-refractivity contribution in [3.63, 3.8) is 0 Å². The molecule has 0 aliphatic carbocycles. The third-order valence-electron chi connectivity index (χ3n) is 1.92. The standard InChI is InChI=1S/C8H19FNPSe/c1-6-10(7-2)11(9,12)8(3,4)5/h6-7H2,1-5H3. The fourth-order valence-electron chi connectivity index (χ4n) is 1.01. The maximum atomic E-state index is 14.2. The summed E-state index contributed by atoms with van der Waals surface area (Å²) in [6.07, 6.45) is 0. The maximum absolute atomic E-state index is 14.2. The van der Waals surface area contributed by atoms with Gasteiger partial charge in [0.15, 0.2) is 0 Å². The third kappa shape index (κ3) is 2.67. The Bertz CT molecular complexity index is 184. The SMILES string of the molecule is CCN(CC)P(F)(=[Se])C(C)(C)C. The van der Waals surface area contributed by atoms with Gasteiger partial charge < -0.3 is 0 Å². The van der Waals surface area contributed by atoms with E-state index >= 15 is 0 Å². The van der Waals surface area contributed by atoms with Crippen molar-refractivity contribution < 1.29 is 4.20 Å². The first-order valence-electron chi connectivity index (χ1n) is 4.32. The molecule has 0 spiro atoms. The quantitative estimate of drug-likeness (QED) is 0.555. The van der Waals surface area contributed by atoms with Gasteiger partial charge in [0.25, 0.3) is 0 Å². The fraction of sp³-hybridized carbons (Fsp3) is 1.00. The average Bonchev–Trinajstić information content (AvgIpc) is 1.87. The predicted molar refractivity (Wildman–Crippen MR) is 56.5 cm³/mol. The molecule has 0 heterocycles. The van der Waals surface area contributed by atoms with E-state index in [-0.39, 0.29) is 5.16 Å². The molecule has 0 aliphatic rings. The topological polar surface area (TPSA) is 3.24 Å². The van der Waals surface area contributed by atoms with Gasteiger partial charge in [0, 0.05) is 0 Å². The first-order valence-corrected chi connectivity index (χ1v) is 8.17. The molecule has 4 heteroatoms. The van der Waals surface area contributed by atoms with Gasteiger partial charge in [-0.2, -0.15) is 0 Å². The van der Waals surface area contributed by atoms with Crippen LogP contribution in [0, 0.1) is 0 Å². The van der Waals surface area contributed by atoms with Crippen molar-refractivity contribution in [2.75, 3.05) is 13.1 Å². The minimum absolute atomic E-state index is 0.265. The molecule has 0 radical (unpaired) electrons. The van der Waals surface area contributed by atoms with Crippen molar-refractivity contribution in [3.05, 3.63) is 0 Å². The number of hydrogen-bond acceptors (Lipinski definition) is 1. The minimum atomic E-state index is -2.53. The van der Waals surface area contributed by atoms with E-state index in [9.17, 15) is 4.20 Å². The number of halogens is 1. The first kappa shape index (κ1) is 12.8. The summed E-state index contributed by atoms with van der Waals surface area (Å²) in [5.74, 6) is -2.53. The first-order chi connectivity index (χ1) is 5.27. The molecule has 0 rings (SSSR count). The van der Waals surface area contributed by atoms with Crippen molar-refractivity contribution in [3.8, 4) is 0 Å². The average molecular weight is 258 g/mol. The van der Waals surface area contributed by atoms with E-state index in [1.807, 2.05) is 39.3 Å². The van der Waals surface area contributed by atoms with Crippen LogP contribution in [0.3, 0.4) is 0 Å². The van der Waals surface area contributed by atoms with Gasteiger partial charge in [0.05, 0.1) is 0 Å². The third-order valence-corrected chi connectivity index (χ3v) is 9.77. The van der Waals surface area contributed by atoms with Gasteiger partial charge >= 0.3 is 82.8 Å². The molecule has 0 bridgehead atoms. The molecule has 0 aliphatic heterocycles. The predicted octanol–water partition coefficient (Wildman–Crippen LogP) is 3.03. The van der Waals surface area contributed by atoms with Gasteiger partial charge in [-0.15, -0.1) is 0 Å². The summed E-state index contributed by atoms with van der Waals surface area (Å²) in [6, 6.07) is 0. The second-order valence-electron chi connectivity index (χ2n) is 3.81. The molecule has 1 nitrogen and oxygen atoms in total. The van der Waals surface area contributed by atoms with Crippen molar-refractivity contribution in [1.82, 2.24) is 4.67 Å². The van der Waals surface area contributed by atoms with E-state index in [1.165, 1.54) is 0 Å². The van der Waals surface area contributed by atoms with Crippen molar-refractivity contribution in [1.29, 1.82) is 0 Å². The van der Waals surface area contributed by atoms with Gasteiger partial charge in [-0.05, 0) is 0 Å². The van der Waals surface area contributed by atoms with E-state index < -0.39 is 5.97 Å². The Hall–Kier alpha value is 0.839. The molecule has 0 saturated carbocycles. The summed E-state index contributed by atoms with van der Waals surface area (Å²) < 4.78 is 16.2. The Labute approximate surface area is 83.1 Å². The van der Waals surface area contributed by atoms with Crippen molar-refractivity contribution >= 4 is 21.1 Å². The summed E-state index contributed by atoms with van der Waals surface area (Å²) in [4.78, 5) is 0. The molecular formula is C8H19FNPSe. The molecular weight excluding hydrogens is 239 g/mol. The van der Waals surface area contributed by atoms with Crippen LogP contribution in [0.15, 0.2) is 0 Å². The number of rotatable bonds is 3. The fourth-order valence-corrected chi connectivity index (χ4v) is 4.04. The van der Waals surface area contributed by atoms with E-state index in [2.05, 4.69) is 15.1 Å². The van der Waals surface area contributed by atoms with Crippen LogP contribution in [0.1, 0.15) is 34.6 Å². The molecule has 0 fully saturated rings. The van der Waals surface area contributed by atoms with Crippen LogP contribution in [-0.4, -0.2) is 38.0 Å². The molecule has 74 valence electrons. The molecule has 0 aromatic heterocycles. The molecule has 1 unspecified atom stereocenters. The Kier molecular flexibility index (Phi) is 4.68. The molecule has 0 amide bonds. The van der Waals surface area contributed by atoms with Crippen LogP contribution in [0.4, 0.5) is 4.20 Å². The van der Waals surface area contributed by atoms with E-state index in [0.29, 0.717) is 0 Å². The molecule has 0 saturated heterocycles. The Morgan fingerprint density at radius 1 is 1.25 bits per heavy atom. The molecule has 12 heavy (non-hydrogen) atoms. The van der Waals surface area contributed by atoms with Crippen LogP contribution in [0.5, 0.6) is 0 Å². The van der Waals surface area contributed by atoms with Gasteiger partial charge in [-0.25, -0.2) is 0 Å². The summed E-state index contributed by atoms with van der Waals surface area (Å²) in [5.41, 5.74) is 0. The normalized spacial score (nSPS) is 17.9. The zero-order valence-electron chi connectivity index (χ0n) is 8.59. The second-order valence-corrected chi connectivity index (χ2v) is 9.77. The van der Waals surface area contributed by atoms with Crippen molar-refractivity contribution in [2.45, 2.75) is 39.8 Å². The zero-order chi connectivity index (χ0) is 9.99. The van der Waals surface area contributed by atoms with Crippen LogP contribution < -0.4 is 0 Å². The van der Waals surface area contributed by atoms with Crippen molar-refractivity contribution in [2.24, 2.45) is 0 Å². The van der Waals surface area contributed by atoms with Crippen LogP contribution in [-0.2, 0) is 0 Å². The van der Waals surface area contributed by atoms with Gasteiger partial charge in [0.1, 0.15) is 0 Å². The Balaban J connectivity index is 4.71. The monoisotopic (exact) mass is 259 g/mol. The summed E-state index contributed by atoms with van der Waals surface area (Å²) in [5, 5.41) is -0.265. The van der Waals surface area contributed by atoms with E-state index in [1.54, 1.807) is 0 Å². The summed E-state index contributed by atoms with van der Waals surface area (Å²) >= 11 is 2.77. The van der Waals surface area contributed by atoms with Crippen LogP contribution >= 0.6 is 5.97 Å². The number of hydrogen-bond donors (Lipinski definition) is 0. The summed E-state index contributed by atoms with van der Waals surface area (Å²) in [7, 11) is 0. The van der Waals surface area contributed by atoms with E-state index in [0.717, 1.165) is 13.1 Å². The molecule has 0 aromatic carbocycles. The zero-order valence-corrected chi connectivity index (χ0v) is 11.2. The molecule has 1 atom stereocenters. The molecule has 0 N–H and O–H groups in total. The number of nitrogens with zero attached hydrogens (tertiary/aromatic N) is 1. The van der Waals surface area contributed by atoms with E-state index in [4.69, 9.17) is 0 Å². The molecule has 0 aromatic rings. The van der Waals surface area contributed by atoms with Gasteiger partial charge in [0.2, 0.25) is 0 Å². The van der Waals surface area contributed by atoms with Gasteiger partial charge in [-0.3, -0.25) is 0 Å². The van der Waals surface area contributed by atoms with Crippen LogP contribution in [0.2, 0.25) is 0 Å². The Morgan fingerprint density at radius 2 is 1.58 bits per heavy atom. The summed E-state index contributed by atoms with van der Waals surface area (Å²) in [6.45, 7) is 11.4.